The minimum Gasteiger partial charge on any atom is -0.373 e. The number of pyridine rings is 2. The van der Waals surface area contributed by atoms with Gasteiger partial charge in [0, 0.05) is 19.3 Å². The van der Waals surface area contributed by atoms with E-state index < -0.39 is 10.8 Å². The molecule has 0 fully saturated rings. The number of amides is 1. The van der Waals surface area contributed by atoms with E-state index in [1.165, 1.54) is 12.3 Å². The van der Waals surface area contributed by atoms with Crippen molar-refractivity contribution in [2.45, 2.75) is 0 Å². The number of hydrogen-bond donors (Lipinski definition) is 2. The SMILES string of the molecule is CNc1cc(C(=O)Nc2ccccn2)c([N+](=O)[O-])cn1. The lowest BCUT2D eigenvalue weighted by Crippen LogP contribution is -2.15. The van der Waals surface area contributed by atoms with Crippen LogP contribution in [0, 0.1) is 10.1 Å². The van der Waals surface area contributed by atoms with Crippen molar-refractivity contribution < 1.29 is 9.72 Å². The van der Waals surface area contributed by atoms with Gasteiger partial charge in [-0.25, -0.2) is 9.97 Å². The lowest BCUT2D eigenvalue weighted by Gasteiger charge is -2.06. The van der Waals surface area contributed by atoms with Crippen molar-refractivity contribution >= 4 is 23.2 Å². The zero-order valence-corrected chi connectivity index (χ0v) is 10.5. The summed E-state index contributed by atoms with van der Waals surface area (Å²) in [5, 5.41) is 16.1. The quantitative estimate of drug-likeness (QED) is 0.647. The molecule has 8 heteroatoms. The molecule has 0 saturated carbocycles. The van der Waals surface area contributed by atoms with Crippen molar-refractivity contribution in [2.75, 3.05) is 17.7 Å². The third-order valence-corrected chi connectivity index (χ3v) is 2.49. The first-order valence-corrected chi connectivity index (χ1v) is 5.66. The number of nitrogens with zero attached hydrogens (tertiary/aromatic N) is 3. The third kappa shape index (κ3) is 2.86. The molecule has 0 unspecified atom stereocenters. The Morgan fingerprint density at radius 3 is 2.70 bits per heavy atom. The van der Waals surface area contributed by atoms with Crippen molar-refractivity contribution in [3.05, 3.63) is 52.3 Å². The van der Waals surface area contributed by atoms with Crippen LogP contribution in [-0.4, -0.2) is 27.8 Å². The van der Waals surface area contributed by atoms with E-state index in [9.17, 15) is 14.9 Å². The van der Waals surface area contributed by atoms with E-state index in [-0.39, 0.29) is 11.3 Å². The Hall–Kier alpha value is -3.03. The van der Waals surface area contributed by atoms with E-state index in [2.05, 4.69) is 20.6 Å². The van der Waals surface area contributed by atoms with Crippen LogP contribution in [0.2, 0.25) is 0 Å². The third-order valence-electron chi connectivity index (χ3n) is 2.49. The second-order valence-corrected chi connectivity index (χ2v) is 3.76. The summed E-state index contributed by atoms with van der Waals surface area (Å²) in [5.41, 5.74) is -0.447. The van der Waals surface area contributed by atoms with Crippen molar-refractivity contribution in [2.24, 2.45) is 0 Å². The zero-order valence-electron chi connectivity index (χ0n) is 10.5. The van der Waals surface area contributed by atoms with Crippen LogP contribution in [0.1, 0.15) is 10.4 Å². The van der Waals surface area contributed by atoms with Gasteiger partial charge in [0.25, 0.3) is 11.6 Å². The van der Waals surface area contributed by atoms with Gasteiger partial charge < -0.3 is 10.6 Å². The summed E-state index contributed by atoms with van der Waals surface area (Å²) in [4.78, 5) is 30.1. The number of hydrogen-bond acceptors (Lipinski definition) is 6. The molecule has 1 amide bonds. The zero-order chi connectivity index (χ0) is 14.5. The molecule has 2 aromatic rings. The van der Waals surface area contributed by atoms with E-state index in [4.69, 9.17) is 0 Å². The Balaban J connectivity index is 2.35. The molecule has 0 radical (unpaired) electrons. The summed E-state index contributed by atoms with van der Waals surface area (Å²) in [6.45, 7) is 0. The first kappa shape index (κ1) is 13.4. The van der Waals surface area contributed by atoms with Crippen LogP contribution in [-0.2, 0) is 0 Å². The van der Waals surface area contributed by atoms with Crippen LogP contribution in [0.3, 0.4) is 0 Å². The molecule has 0 aliphatic rings. The second-order valence-electron chi connectivity index (χ2n) is 3.76. The highest BCUT2D eigenvalue weighted by Crippen LogP contribution is 2.21. The fraction of sp³-hybridized carbons (Fsp3) is 0.0833. The lowest BCUT2D eigenvalue weighted by atomic mass is 10.2. The highest BCUT2D eigenvalue weighted by atomic mass is 16.6. The predicted octanol–water partition coefficient (Wildman–Crippen LogP) is 1.68. The monoisotopic (exact) mass is 273 g/mol. The van der Waals surface area contributed by atoms with Gasteiger partial charge in [0.05, 0.1) is 4.92 Å². The minimum atomic E-state index is -0.653. The molecule has 2 aromatic heterocycles. The first-order chi connectivity index (χ1) is 9.61. The lowest BCUT2D eigenvalue weighted by molar-refractivity contribution is -0.385. The second kappa shape index (κ2) is 5.74. The largest absolute Gasteiger partial charge is 0.373 e. The number of carbonyl (C=O) groups is 1. The van der Waals surface area contributed by atoms with Gasteiger partial charge in [-0.3, -0.25) is 14.9 Å². The number of rotatable bonds is 4. The van der Waals surface area contributed by atoms with Gasteiger partial charge in [0.15, 0.2) is 0 Å². The minimum absolute atomic E-state index is 0.0833. The van der Waals surface area contributed by atoms with Crippen molar-refractivity contribution in [1.29, 1.82) is 0 Å². The molecule has 0 saturated heterocycles. The maximum atomic E-state index is 12.1. The normalized spacial score (nSPS) is 9.85. The smallest absolute Gasteiger partial charge is 0.300 e. The van der Waals surface area contributed by atoms with Gasteiger partial charge in [0.2, 0.25) is 0 Å². The molecule has 2 rings (SSSR count). The van der Waals surface area contributed by atoms with Crippen molar-refractivity contribution in [1.82, 2.24) is 9.97 Å². The predicted molar refractivity (Wildman–Crippen MR) is 72.6 cm³/mol. The summed E-state index contributed by atoms with van der Waals surface area (Å²) < 4.78 is 0. The van der Waals surface area contributed by atoms with E-state index >= 15 is 0 Å². The molecule has 0 aliphatic heterocycles. The van der Waals surface area contributed by atoms with Gasteiger partial charge in [-0.15, -0.1) is 0 Å². The fourth-order valence-electron chi connectivity index (χ4n) is 1.53. The van der Waals surface area contributed by atoms with Gasteiger partial charge in [0.1, 0.15) is 23.4 Å². The molecule has 8 nitrogen and oxygen atoms in total. The average molecular weight is 273 g/mol. The molecule has 0 aliphatic carbocycles. The summed E-state index contributed by atoms with van der Waals surface area (Å²) >= 11 is 0. The number of anilines is 2. The summed E-state index contributed by atoms with van der Waals surface area (Å²) in [6.07, 6.45) is 2.55. The topological polar surface area (TPSA) is 110 Å². The first-order valence-electron chi connectivity index (χ1n) is 5.66. The molecular weight excluding hydrogens is 262 g/mol. The van der Waals surface area contributed by atoms with E-state index in [0.717, 1.165) is 6.20 Å². The molecule has 0 bridgehead atoms. The summed E-state index contributed by atoms with van der Waals surface area (Å²) in [6, 6.07) is 6.30. The van der Waals surface area contributed by atoms with Crippen molar-refractivity contribution in [3.63, 3.8) is 0 Å². The standard InChI is InChI=1S/C12H11N5O3/c1-13-11-6-8(9(7-15-11)17(19)20)12(18)16-10-4-2-3-5-14-10/h2-7H,1H3,(H,13,15)(H,14,16,18). The van der Waals surface area contributed by atoms with Gasteiger partial charge in [-0.05, 0) is 12.1 Å². The maximum absolute atomic E-state index is 12.1. The number of nitro groups is 1. The Morgan fingerprint density at radius 2 is 2.10 bits per heavy atom. The average Bonchev–Trinajstić information content (AvgIpc) is 2.47. The molecule has 0 spiro atoms. The Labute approximate surface area is 114 Å². The van der Waals surface area contributed by atoms with Crippen LogP contribution in [0.15, 0.2) is 36.7 Å². The Kier molecular flexibility index (Phi) is 3.85. The number of carbonyl (C=O) groups excluding carboxylic acids is 1. The molecule has 20 heavy (non-hydrogen) atoms. The Morgan fingerprint density at radius 1 is 1.30 bits per heavy atom. The van der Waals surface area contributed by atoms with E-state index in [1.807, 2.05) is 0 Å². The molecular formula is C12H11N5O3. The van der Waals surface area contributed by atoms with Gasteiger partial charge >= 0.3 is 0 Å². The number of aromatic nitrogens is 2. The van der Waals surface area contributed by atoms with Crippen molar-refractivity contribution in [3.8, 4) is 0 Å². The summed E-state index contributed by atoms with van der Waals surface area (Å²) in [5.74, 6) is 0.0608. The van der Waals surface area contributed by atoms with E-state index in [1.54, 1.807) is 25.2 Å². The Bertz CT molecular complexity index is 645. The van der Waals surface area contributed by atoms with Crippen LogP contribution < -0.4 is 10.6 Å². The van der Waals surface area contributed by atoms with E-state index in [0.29, 0.717) is 11.6 Å². The fourth-order valence-corrected chi connectivity index (χ4v) is 1.53. The van der Waals surface area contributed by atoms with Crippen LogP contribution in [0.4, 0.5) is 17.3 Å². The highest BCUT2D eigenvalue weighted by Gasteiger charge is 2.21. The molecule has 0 aromatic carbocycles. The maximum Gasteiger partial charge on any atom is 0.300 e. The molecule has 0 atom stereocenters. The van der Waals surface area contributed by atoms with Gasteiger partial charge in [-0.2, -0.15) is 0 Å². The molecule has 2 heterocycles. The van der Waals surface area contributed by atoms with Gasteiger partial charge in [-0.1, -0.05) is 6.07 Å². The highest BCUT2D eigenvalue weighted by molar-refractivity contribution is 6.06. The van der Waals surface area contributed by atoms with Crippen LogP contribution >= 0.6 is 0 Å². The molecule has 102 valence electrons. The van der Waals surface area contributed by atoms with Crippen LogP contribution in [0.5, 0.6) is 0 Å². The molecule has 2 N–H and O–H groups in total. The number of nitrogens with one attached hydrogen (secondary N) is 2. The summed E-state index contributed by atoms with van der Waals surface area (Å²) in [7, 11) is 1.61. The van der Waals surface area contributed by atoms with Crippen LogP contribution in [0.25, 0.3) is 0 Å².